The van der Waals surface area contributed by atoms with Gasteiger partial charge in [-0.15, -0.1) is 0 Å². The van der Waals surface area contributed by atoms with E-state index < -0.39 is 30.1 Å². The van der Waals surface area contributed by atoms with E-state index in [0.29, 0.717) is 11.1 Å². The fraction of sp³-hybridized carbons (Fsp3) is 0.611. The summed E-state index contributed by atoms with van der Waals surface area (Å²) in [5, 5.41) is 20.3. The van der Waals surface area contributed by atoms with Gasteiger partial charge in [0, 0.05) is 11.4 Å². The molecule has 2 N–H and O–H groups in total. The SMILES string of the molecule is CCOC(=O)CC(B1OC(C)(C)C(C)(C)O1)c1ccc(O)c(C)c1O. The Bertz CT molecular complexity index is 639. The van der Waals surface area contributed by atoms with Crippen molar-refractivity contribution in [2.45, 2.75) is 65.0 Å². The standard InChI is InChI=1S/C18H27BO6/c1-7-23-15(21)10-13(12-8-9-14(20)11(2)16(12)22)19-24-17(3,4)18(5,6)25-19/h8-9,13,20,22H,7,10H2,1-6H3. The van der Waals surface area contributed by atoms with Crippen molar-refractivity contribution < 1.29 is 29.1 Å². The van der Waals surface area contributed by atoms with E-state index in [1.54, 1.807) is 19.9 Å². The van der Waals surface area contributed by atoms with Crippen LogP contribution in [0.2, 0.25) is 0 Å². The quantitative estimate of drug-likeness (QED) is 0.627. The minimum Gasteiger partial charge on any atom is -0.508 e. The highest BCUT2D eigenvalue weighted by Gasteiger charge is 2.54. The van der Waals surface area contributed by atoms with Crippen molar-refractivity contribution >= 4 is 13.1 Å². The highest BCUT2D eigenvalue weighted by atomic mass is 16.7. The number of phenolic OH excluding ortho intramolecular Hbond substituents is 2. The lowest BCUT2D eigenvalue weighted by Crippen LogP contribution is -2.41. The second-order valence-corrected chi connectivity index (χ2v) is 7.39. The number of hydrogen-bond acceptors (Lipinski definition) is 6. The molecular formula is C18H27BO6. The number of benzene rings is 1. The van der Waals surface area contributed by atoms with Crippen molar-refractivity contribution in [3.63, 3.8) is 0 Å². The van der Waals surface area contributed by atoms with Gasteiger partial charge in [0.15, 0.2) is 0 Å². The minimum absolute atomic E-state index is 0.00242. The number of phenols is 2. The third-order valence-corrected chi connectivity index (χ3v) is 5.13. The molecule has 1 aliphatic heterocycles. The van der Waals surface area contributed by atoms with E-state index in [-0.39, 0.29) is 24.5 Å². The van der Waals surface area contributed by atoms with Gasteiger partial charge in [0.1, 0.15) is 11.5 Å². The molecule has 0 amide bonds. The van der Waals surface area contributed by atoms with Crippen LogP contribution in [0.15, 0.2) is 12.1 Å². The summed E-state index contributed by atoms with van der Waals surface area (Å²) in [7, 11) is -0.718. The lowest BCUT2D eigenvalue weighted by molar-refractivity contribution is -0.143. The van der Waals surface area contributed by atoms with E-state index in [9.17, 15) is 15.0 Å². The lowest BCUT2D eigenvalue weighted by atomic mass is 9.65. The average Bonchev–Trinajstić information content (AvgIpc) is 2.72. The second kappa shape index (κ2) is 6.88. The Morgan fingerprint density at radius 2 is 1.76 bits per heavy atom. The van der Waals surface area contributed by atoms with Gasteiger partial charge in [-0.2, -0.15) is 0 Å². The molecule has 0 spiro atoms. The first kappa shape index (κ1) is 19.6. The number of esters is 1. The van der Waals surface area contributed by atoms with Crippen molar-refractivity contribution in [2.24, 2.45) is 0 Å². The molecule has 1 aromatic carbocycles. The lowest BCUT2D eigenvalue weighted by Gasteiger charge is -2.32. The molecule has 0 bridgehead atoms. The van der Waals surface area contributed by atoms with Crippen LogP contribution in [0.5, 0.6) is 11.5 Å². The molecule has 1 fully saturated rings. The van der Waals surface area contributed by atoms with E-state index in [2.05, 4.69) is 0 Å². The maximum Gasteiger partial charge on any atom is 0.466 e. The molecule has 7 heteroatoms. The Balaban J connectivity index is 2.42. The van der Waals surface area contributed by atoms with Crippen LogP contribution in [0.3, 0.4) is 0 Å². The monoisotopic (exact) mass is 350 g/mol. The maximum atomic E-state index is 12.1. The molecule has 6 nitrogen and oxygen atoms in total. The van der Waals surface area contributed by atoms with Gasteiger partial charge in [-0.25, -0.2) is 0 Å². The third kappa shape index (κ3) is 3.77. The van der Waals surface area contributed by atoms with E-state index in [1.165, 1.54) is 6.07 Å². The molecule has 0 aliphatic carbocycles. The highest BCUT2D eigenvalue weighted by molar-refractivity contribution is 6.48. The van der Waals surface area contributed by atoms with Crippen LogP contribution >= 0.6 is 0 Å². The van der Waals surface area contributed by atoms with Crippen LogP contribution in [0.25, 0.3) is 0 Å². The van der Waals surface area contributed by atoms with Crippen molar-refractivity contribution in [1.82, 2.24) is 0 Å². The van der Waals surface area contributed by atoms with Crippen molar-refractivity contribution in [1.29, 1.82) is 0 Å². The Labute approximate surface area is 149 Å². The molecule has 1 aromatic rings. The maximum absolute atomic E-state index is 12.1. The average molecular weight is 350 g/mol. The molecule has 1 atom stereocenters. The molecular weight excluding hydrogens is 323 g/mol. The Hall–Kier alpha value is -1.73. The molecule has 1 saturated heterocycles. The Kier molecular flexibility index (Phi) is 5.39. The molecule has 0 radical (unpaired) electrons. The van der Waals surface area contributed by atoms with Gasteiger partial charge in [-0.05, 0) is 53.2 Å². The summed E-state index contributed by atoms with van der Waals surface area (Å²) >= 11 is 0. The van der Waals surface area contributed by atoms with Crippen molar-refractivity contribution in [3.05, 3.63) is 23.3 Å². The number of hydrogen-bond donors (Lipinski definition) is 2. The number of carbonyl (C=O) groups is 1. The van der Waals surface area contributed by atoms with E-state index >= 15 is 0 Å². The van der Waals surface area contributed by atoms with Crippen molar-refractivity contribution in [3.8, 4) is 11.5 Å². The topological polar surface area (TPSA) is 85.2 Å². The fourth-order valence-corrected chi connectivity index (χ4v) is 2.81. The summed E-state index contributed by atoms with van der Waals surface area (Å²) in [4.78, 5) is 12.1. The van der Waals surface area contributed by atoms with E-state index in [0.717, 1.165) is 0 Å². The molecule has 1 aliphatic rings. The zero-order valence-corrected chi connectivity index (χ0v) is 15.8. The van der Waals surface area contributed by atoms with Gasteiger partial charge in [-0.1, -0.05) is 6.07 Å². The smallest absolute Gasteiger partial charge is 0.466 e. The van der Waals surface area contributed by atoms with Crippen LogP contribution in [-0.4, -0.2) is 41.1 Å². The highest BCUT2D eigenvalue weighted by Crippen LogP contribution is 2.44. The van der Waals surface area contributed by atoms with Crippen LogP contribution in [0, 0.1) is 6.92 Å². The van der Waals surface area contributed by atoms with Crippen LogP contribution in [-0.2, 0) is 18.8 Å². The van der Waals surface area contributed by atoms with Gasteiger partial charge >= 0.3 is 13.1 Å². The van der Waals surface area contributed by atoms with E-state index in [1.807, 2.05) is 27.7 Å². The fourth-order valence-electron chi connectivity index (χ4n) is 2.81. The molecule has 0 saturated carbocycles. The molecule has 138 valence electrons. The van der Waals surface area contributed by atoms with Gasteiger partial charge < -0.3 is 24.3 Å². The van der Waals surface area contributed by atoms with Gasteiger partial charge in [0.05, 0.1) is 24.2 Å². The van der Waals surface area contributed by atoms with Crippen LogP contribution < -0.4 is 0 Å². The van der Waals surface area contributed by atoms with Crippen LogP contribution in [0.4, 0.5) is 0 Å². The van der Waals surface area contributed by atoms with Crippen LogP contribution in [0.1, 0.15) is 58.0 Å². The van der Waals surface area contributed by atoms with Gasteiger partial charge in [-0.3, -0.25) is 4.79 Å². The first-order valence-electron chi connectivity index (χ1n) is 8.53. The molecule has 1 unspecified atom stereocenters. The summed E-state index contributed by atoms with van der Waals surface area (Å²) < 4.78 is 17.2. The Morgan fingerprint density at radius 3 is 2.28 bits per heavy atom. The summed E-state index contributed by atoms with van der Waals surface area (Å²) in [5.74, 6) is -1.03. The molecule has 1 heterocycles. The number of carbonyl (C=O) groups excluding carboxylic acids is 1. The number of ether oxygens (including phenoxy) is 1. The normalized spacial score (nSPS) is 19.7. The summed E-state index contributed by atoms with van der Waals surface area (Å²) in [6.45, 7) is 11.3. The molecule has 25 heavy (non-hydrogen) atoms. The minimum atomic E-state index is -0.718. The number of rotatable bonds is 5. The third-order valence-electron chi connectivity index (χ3n) is 5.13. The molecule has 0 aromatic heterocycles. The summed E-state index contributed by atoms with van der Waals surface area (Å²) in [6, 6.07) is 3.08. The van der Waals surface area contributed by atoms with Crippen molar-refractivity contribution in [2.75, 3.05) is 6.61 Å². The first-order valence-corrected chi connectivity index (χ1v) is 8.53. The van der Waals surface area contributed by atoms with Gasteiger partial charge in [0.2, 0.25) is 0 Å². The predicted molar refractivity (Wildman–Crippen MR) is 94.6 cm³/mol. The van der Waals surface area contributed by atoms with E-state index in [4.69, 9.17) is 14.0 Å². The zero-order valence-electron chi connectivity index (χ0n) is 15.8. The predicted octanol–water partition coefficient (Wildman–Crippen LogP) is 3.07. The summed E-state index contributed by atoms with van der Waals surface area (Å²) in [5.41, 5.74) is -0.289. The second-order valence-electron chi connectivity index (χ2n) is 7.39. The number of aromatic hydroxyl groups is 2. The summed E-state index contributed by atoms with van der Waals surface area (Å²) in [6.07, 6.45) is 0.00242. The zero-order chi connectivity index (χ0) is 19.0. The first-order chi connectivity index (χ1) is 11.5. The largest absolute Gasteiger partial charge is 0.508 e. The van der Waals surface area contributed by atoms with Gasteiger partial charge in [0.25, 0.3) is 0 Å². The molecule has 2 rings (SSSR count). The Morgan fingerprint density at radius 1 is 1.20 bits per heavy atom.